The number of halogens is 3. The molecule has 0 amide bonds. The van der Waals surface area contributed by atoms with E-state index in [0.29, 0.717) is 29.0 Å². The minimum atomic E-state index is -4.73. The number of hydrogen-bond acceptors (Lipinski definition) is 4. The molecule has 1 N–H and O–H groups in total. The number of methoxy groups -OCH3 is 1. The van der Waals surface area contributed by atoms with Gasteiger partial charge in [0.25, 0.3) is 0 Å². The number of Topliss-reactive ketones (excluding diaryl/α,β-unsaturated/α-hetero) is 1. The van der Waals surface area contributed by atoms with Crippen LogP contribution < -0.4 is 14.8 Å². The molecule has 0 fully saturated rings. The molecule has 4 nitrogen and oxygen atoms in total. The van der Waals surface area contributed by atoms with E-state index in [9.17, 15) is 18.0 Å². The second-order valence-electron chi connectivity index (χ2n) is 6.92. The molecule has 7 heteroatoms. The van der Waals surface area contributed by atoms with Gasteiger partial charge in [-0.1, -0.05) is 54.6 Å². The molecule has 0 spiro atoms. The van der Waals surface area contributed by atoms with Gasteiger partial charge >= 0.3 is 6.36 Å². The average Bonchev–Trinajstić information content (AvgIpc) is 2.78. The maximum absolute atomic E-state index is 12.6. The summed E-state index contributed by atoms with van der Waals surface area (Å²) in [5, 5.41) is 3.14. The van der Waals surface area contributed by atoms with Gasteiger partial charge in [0.2, 0.25) is 0 Å². The van der Waals surface area contributed by atoms with Crippen LogP contribution in [-0.4, -0.2) is 25.8 Å². The molecule has 0 bridgehead atoms. The Hall–Kier alpha value is -3.58. The zero-order valence-corrected chi connectivity index (χ0v) is 17.4. The van der Waals surface area contributed by atoms with E-state index in [0.717, 1.165) is 5.56 Å². The third-order valence-electron chi connectivity index (χ3n) is 4.58. The van der Waals surface area contributed by atoms with Gasteiger partial charge in [-0.15, -0.1) is 13.2 Å². The molecule has 0 saturated heterocycles. The highest BCUT2D eigenvalue weighted by Crippen LogP contribution is 2.25. The molecule has 0 aliphatic heterocycles. The highest BCUT2D eigenvalue weighted by atomic mass is 19.4. The van der Waals surface area contributed by atoms with E-state index >= 15 is 0 Å². The average molecular weight is 441 g/mol. The van der Waals surface area contributed by atoms with Gasteiger partial charge in [0, 0.05) is 17.7 Å². The first-order chi connectivity index (χ1) is 15.3. The van der Waals surface area contributed by atoms with Gasteiger partial charge in [0.05, 0.1) is 13.7 Å². The second kappa shape index (κ2) is 10.6. The number of hydrogen-bond donors (Lipinski definition) is 1. The predicted molar refractivity (Wildman–Crippen MR) is 118 cm³/mol. The Morgan fingerprint density at radius 1 is 0.969 bits per heavy atom. The summed E-state index contributed by atoms with van der Waals surface area (Å²) in [5.41, 5.74) is 2.96. The number of nitrogens with one attached hydrogen (secondary N) is 1. The fraction of sp³-hybridized carbons (Fsp3) is 0.160. The van der Waals surface area contributed by atoms with Crippen molar-refractivity contribution < 1.29 is 27.4 Å². The summed E-state index contributed by atoms with van der Waals surface area (Å²) in [6.45, 7) is 0.772. The summed E-state index contributed by atoms with van der Waals surface area (Å²) in [6.07, 6.45) is -1.27. The molecule has 3 aromatic carbocycles. The molecule has 0 aromatic heterocycles. The van der Waals surface area contributed by atoms with Crippen molar-refractivity contribution in [3.63, 3.8) is 0 Å². The zero-order chi connectivity index (χ0) is 23.0. The van der Waals surface area contributed by atoms with Crippen molar-refractivity contribution >= 4 is 17.9 Å². The topological polar surface area (TPSA) is 47.6 Å². The van der Waals surface area contributed by atoms with Crippen molar-refractivity contribution in [3.05, 3.63) is 95.1 Å². The van der Waals surface area contributed by atoms with Crippen molar-refractivity contribution in [2.75, 3.05) is 13.7 Å². The summed E-state index contributed by atoms with van der Waals surface area (Å²) in [4.78, 5) is 12.6. The SMILES string of the molecule is COc1ccc(C(=O)CNCc2ccccc2)cc1/C=C/c1ccc(OC(F)(F)F)cc1. The maximum Gasteiger partial charge on any atom is 0.573 e. The van der Waals surface area contributed by atoms with Crippen molar-refractivity contribution in [1.29, 1.82) is 0 Å². The monoisotopic (exact) mass is 441 g/mol. The first kappa shape index (κ1) is 23.1. The molecule has 3 rings (SSSR count). The van der Waals surface area contributed by atoms with Crippen molar-refractivity contribution in [2.24, 2.45) is 0 Å². The summed E-state index contributed by atoms with van der Waals surface area (Å²) in [6, 6.07) is 20.4. The largest absolute Gasteiger partial charge is 0.573 e. The molecule has 166 valence electrons. The Morgan fingerprint density at radius 2 is 1.69 bits per heavy atom. The second-order valence-corrected chi connectivity index (χ2v) is 6.92. The Kier molecular flexibility index (Phi) is 7.68. The zero-order valence-electron chi connectivity index (χ0n) is 17.4. The van der Waals surface area contributed by atoms with Crippen molar-refractivity contribution in [2.45, 2.75) is 12.9 Å². The first-order valence-electron chi connectivity index (χ1n) is 9.84. The summed E-state index contributed by atoms with van der Waals surface area (Å²) >= 11 is 0. The number of carbonyl (C=O) groups is 1. The molecular formula is C25H22F3NO3. The quantitative estimate of drug-likeness (QED) is 0.340. The van der Waals surface area contributed by atoms with Gasteiger partial charge in [-0.2, -0.15) is 0 Å². The number of ether oxygens (including phenoxy) is 2. The van der Waals surface area contributed by atoms with Crippen LogP contribution >= 0.6 is 0 Å². The van der Waals surface area contributed by atoms with Crippen LogP contribution in [0.5, 0.6) is 11.5 Å². The molecule has 0 unspecified atom stereocenters. The molecule has 3 aromatic rings. The van der Waals surface area contributed by atoms with Gasteiger partial charge in [-0.25, -0.2) is 0 Å². The number of carbonyl (C=O) groups excluding carboxylic acids is 1. The normalized spacial score (nSPS) is 11.5. The minimum Gasteiger partial charge on any atom is -0.496 e. The molecule has 0 saturated carbocycles. The highest BCUT2D eigenvalue weighted by molar-refractivity contribution is 5.98. The Bertz CT molecular complexity index is 1060. The lowest BCUT2D eigenvalue weighted by molar-refractivity contribution is -0.274. The van der Waals surface area contributed by atoms with Crippen molar-refractivity contribution in [3.8, 4) is 11.5 Å². The van der Waals surface area contributed by atoms with Gasteiger partial charge < -0.3 is 14.8 Å². The summed E-state index contributed by atoms with van der Waals surface area (Å²) < 4.78 is 46.1. The Morgan fingerprint density at radius 3 is 2.34 bits per heavy atom. The smallest absolute Gasteiger partial charge is 0.496 e. The summed E-state index contributed by atoms with van der Waals surface area (Å²) in [7, 11) is 1.53. The Balaban J connectivity index is 1.67. The number of rotatable bonds is 9. The lowest BCUT2D eigenvalue weighted by Gasteiger charge is -2.09. The third-order valence-corrected chi connectivity index (χ3v) is 4.58. The molecule has 0 aliphatic rings. The van der Waals surface area contributed by atoms with Gasteiger partial charge in [-0.05, 0) is 41.5 Å². The molecule has 0 heterocycles. The van der Waals surface area contributed by atoms with Crippen LogP contribution in [0.3, 0.4) is 0 Å². The van der Waals surface area contributed by atoms with E-state index in [1.54, 1.807) is 30.4 Å². The molecule has 0 radical (unpaired) electrons. The van der Waals surface area contributed by atoms with E-state index in [-0.39, 0.29) is 18.1 Å². The minimum absolute atomic E-state index is 0.0631. The predicted octanol–water partition coefficient (Wildman–Crippen LogP) is 5.74. The van der Waals surface area contributed by atoms with Crippen molar-refractivity contribution in [1.82, 2.24) is 5.32 Å². The van der Waals surface area contributed by atoms with E-state index < -0.39 is 6.36 Å². The third kappa shape index (κ3) is 6.99. The van der Waals surface area contributed by atoms with Crippen LogP contribution in [0.15, 0.2) is 72.8 Å². The van der Waals surface area contributed by atoms with E-state index in [1.807, 2.05) is 30.3 Å². The number of ketones is 1. The highest BCUT2D eigenvalue weighted by Gasteiger charge is 2.30. The van der Waals surface area contributed by atoms with Gasteiger partial charge in [0.1, 0.15) is 11.5 Å². The fourth-order valence-electron chi connectivity index (χ4n) is 3.02. The van der Waals surface area contributed by atoms with Crippen LogP contribution in [0.1, 0.15) is 27.0 Å². The fourth-order valence-corrected chi connectivity index (χ4v) is 3.02. The van der Waals surface area contributed by atoms with Crippen LogP contribution in [0.2, 0.25) is 0 Å². The molecule has 0 aliphatic carbocycles. The summed E-state index contributed by atoms with van der Waals surface area (Å²) in [5.74, 6) is 0.224. The number of benzene rings is 3. The molecule has 32 heavy (non-hydrogen) atoms. The van der Waals surface area contributed by atoms with Crippen LogP contribution in [0.4, 0.5) is 13.2 Å². The van der Waals surface area contributed by atoms with E-state index in [4.69, 9.17) is 4.74 Å². The molecular weight excluding hydrogens is 419 g/mol. The van der Waals surface area contributed by atoms with Crippen LogP contribution in [-0.2, 0) is 6.54 Å². The van der Waals surface area contributed by atoms with Gasteiger partial charge in [-0.3, -0.25) is 4.79 Å². The lowest BCUT2D eigenvalue weighted by Crippen LogP contribution is -2.22. The lowest BCUT2D eigenvalue weighted by atomic mass is 10.0. The maximum atomic E-state index is 12.6. The number of alkyl halides is 3. The van der Waals surface area contributed by atoms with Gasteiger partial charge in [0.15, 0.2) is 5.78 Å². The molecule has 0 atom stereocenters. The Labute approximate surface area is 184 Å². The standard InChI is InChI=1S/C25H22F3NO3/c1-31-24-14-11-20(23(30)17-29-16-19-5-3-2-4-6-19)15-21(24)10-7-18-8-12-22(13-9-18)32-25(26,27)28/h2-15,29H,16-17H2,1H3/b10-7+. The van der Waals surface area contributed by atoms with E-state index in [2.05, 4.69) is 10.1 Å². The van der Waals surface area contributed by atoms with Crippen LogP contribution in [0.25, 0.3) is 12.2 Å². The van der Waals surface area contributed by atoms with Crippen LogP contribution in [0, 0.1) is 0 Å². The van der Waals surface area contributed by atoms with E-state index in [1.165, 1.54) is 31.4 Å². The first-order valence-corrected chi connectivity index (χ1v) is 9.84.